The lowest BCUT2D eigenvalue weighted by Crippen LogP contribution is -2.46. The zero-order chi connectivity index (χ0) is 15.6. The first-order valence-corrected chi connectivity index (χ1v) is 8.34. The molecule has 1 aliphatic rings. The van der Waals surface area contributed by atoms with E-state index in [0.29, 0.717) is 33.7 Å². The van der Waals surface area contributed by atoms with Gasteiger partial charge < -0.3 is 15.3 Å². The molecule has 2 unspecified atom stereocenters. The van der Waals surface area contributed by atoms with Crippen molar-refractivity contribution in [3.8, 4) is 0 Å². The average Bonchev–Trinajstić information content (AvgIpc) is 2.39. The van der Waals surface area contributed by atoms with Crippen LogP contribution >= 0.6 is 27.7 Å². The minimum Gasteiger partial charge on any atom is -0.478 e. The van der Waals surface area contributed by atoms with Gasteiger partial charge in [0.05, 0.1) is 11.3 Å². The summed E-state index contributed by atoms with van der Waals surface area (Å²) >= 11 is 5.09. The van der Waals surface area contributed by atoms with Crippen molar-refractivity contribution < 1.29 is 14.7 Å². The molecule has 0 radical (unpaired) electrons. The Morgan fingerprint density at radius 2 is 1.95 bits per heavy atom. The topological polar surface area (TPSA) is 69.6 Å². The molecule has 5 nitrogen and oxygen atoms in total. The first kappa shape index (κ1) is 16.2. The highest BCUT2D eigenvalue weighted by Gasteiger charge is 2.26. The second-order valence-electron chi connectivity index (χ2n) is 5.09. The Morgan fingerprint density at radius 3 is 2.52 bits per heavy atom. The van der Waals surface area contributed by atoms with Gasteiger partial charge in [-0.2, -0.15) is 11.8 Å². The molecule has 2 N–H and O–H groups in total. The SMILES string of the molecule is CC1CN(C(=O)Nc2ccc(Br)cc2C(=O)O)CC(C)S1. The number of carboxylic acid groups (broad SMARTS) is 1. The zero-order valence-corrected chi connectivity index (χ0v) is 14.2. The first-order chi connectivity index (χ1) is 9.86. The monoisotopic (exact) mass is 372 g/mol. The number of halogens is 1. The highest BCUT2D eigenvalue weighted by Crippen LogP contribution is 2.26. The maximum absolute atomic E-state index is 12.3. The van der Waals surface area contributed by atoms with Gasteiger partial charge in [-0.05, 0) is 18.2 Å². The number of amides is 2. The van der Waals surface area contributed by atoms with Crippen molar-refractivity contribution in [3.05, 3.63) is 28.2 Å². The molecule has 114 valence electrons. The Hall–Kier alpha value is -1.21. The van der Waals surface area contributed by atoms with E-state index in [-0.39, 0.29) is 11.6 Å². The lowest BCUT2D eigenvalue weighted by atomic mass is 10.2. The lowest BCUT2D eigenvalue weighted by molar-refractivity contribution is 0.0698. The third-order valence-electron chi connectivity index (χ3n) is 3.16. The average molecular weight is 373 g/mol. The van der Waals surface area contributed by atoms with E-state index in [2.05, 4.69) is 35.1 Å². The van der Waals surface area contributed by atoms with E-state index in [1.165, 1.54) is 6.07 Å². The third-order valence-corrected chi connectivity index (χ3v) is 4.88. The van der Waals surface area contributed by atoms with Crippen LogP contribution in [0.25, 0.3) is 0 Å². The van der Waals surface area contributed by atoms with E-state index in [0.717, 1.165) is 0 Å². The normalized spacial score (nSPS) is 22.0. The quantitative estimate of drug-likeness (QED) is 0.833. The Labute approximate surface area is 136 Å². The van der Waals surface area contributed by atoms with Gasteiger partial charge in [0.2, 0.25) is 0 Å². The Kier molecular flexibility index (Phi) is 5.16. The fraction of sp³-hybridized carbons (Fsp3) is 0.429. The molecule has 1 aromatic carbocycles. The van der Waals surface area contributed by atoms with Crippen molar-refractivity contribution in [2.24, 2.45) is 0 Å². The molecule has 0 spiro atoms. The number of aromatic carboxylic acids is 1. The molecular formula is C14H17BrN2O3S. The van der Waals surface area contributed by atoms with Crippen LogP contribution in [0.15, 0.2) is 22.7 Å². The predicted octanol–water partition coefficient (Wildman–Crippen LogP) is 3.51. The largest absolute Gasteiger partial charge is 0.478 e. The van der Waals surface area contributed by atoms with E-state index >= 15 is 0 Å². The van der Waals surface area contributed by atoms with E-state index in [9.17, 15) is 14.7 Å². The van der Waals surface area contributed by atoms with Gasteiger partial charge in [-0.1, -0.05) is 29.8 Å². The third kappa shape index (κ3) is 4.14. The molecule has 21 heavy (non-hydrogen) atoms. The number of nitrogens with zero attached hydrogens (tertiary/aromatic N) is 1. The lowest BCUT2D eigenvalue weighted by Gasteiger charge is -2.34. The molecule has 0 bridgehead atoms. The highest BCUT2D eigenvalue weighted by atomic mass is 79.9. The zero-order valence-electron chi connectivity index (χ0n) is 11.8. The predicted molar refractivity (Wildman–Crippen MR) is 88.2 cm³/mol. The second-order valence-corrected chi connectivity index (χ2v) is 7.88. The number of thioether (sulfide) groups is 1. The number of urea groups is 1. The maximum atomic E-state index is 12.3. The van der Waals surface area contributed by atoms with E-state index in [1.807, 2.05) is 11.8 Å². The summed E-state index contributed by atoms with van der Waals surface area (Å²) in [7, 11) is 0. The molecule has 2 rings (SSSR count). The summed E-state index contributed by atoms with van der Waals surface area (Å²) in [6.45, 7) is 5.51. The Morgan fingerprint density at radius 1 is 1.33 bits per heavy atom. The Bertz CT molecular complexity index is 557. The van der Waals surface area contributed by atoms with Crippen molar-refractivity contribution in [1.82, 2.24) is 4.90 Å². The number of hydrogen-bond acceptors (Lipinski definition) is 3. The number of carbonyl (C=O) groups is 2. The molecule has 1 heterocycles. The standard InChI is InChI=1S/C14H17BrN2O3S/c1-8-6-17(7-9(2)21-8)14(20)16-12-4-3-10(15)5-11(12)13(18)19/h3-5,8-9H,6-7H2,1-2H3,(H,16,20)(H,18,19). The molecule has 1 saturated heterocycles. The number of anilines is 1. The Balaban J connectivity index is 2.14. The van der Waals surface area contributed by atoms with Crippen LogP contribution in [0.1, 0.15) is 24.2 Å². The van der Waals surface area contributed by atoms with Crippen LogP contribution in [0.4, 0.5) is 10.5 Å². The molecule has 0 saturated carbocycles. The highest BCUT2D eigenvalue weighted by molar-refractivity contribution is 9.10. The van der Waals surface area contributed by atoms with Gasteiger partial charge in [0.1, 0.15) is 0 Å². The number of nitrogens with one attached hydrogen (secondary N) is 1. The van der Waals surface area contributed by atoms with Crippen LogP contribution in [0.3, 0.4) is 0 Å². The fourth-order valence-corrected chi connectivity index (χ4v) is 4.03. The van der Waals surface area contributed by atoms with Gasteiger partial charge in [-0.25, -0.2) is 9.59 Å². The van der Waals surface area contributed by atoms with Crippen LogP contribution in [0, 0.1) is 0 Å². The smallest absolute Gasteiger partial charge is 0.337 e. The fourth-order valence-electron chi connectivity index (χ4n) is 2.34. The van der Waals surface area contributed by atoms with Crippen LogP contribution in [0.5, 0.6) is 0 Å². The summed E-state index contributed by atoms with van der Waals surface area (Å²) in [4.78, 5) is 25.3. The number of benzene rings is 1. The van der Waals surface area contributed by atoms with Gasteiger partial charge in [0.15, 0.2) is 0 Å². The number of carboxylic acids is 1. The van der Waals surface area contributed by atoms with Gasteiger partial charge in [-0.3, -0.25) is 0 Å². The first-order valence-electron chi connectivity index (χ1n) is 6.61. The van der Waals surface area contributed by atoms with Crippen LogP contribution in [-0.4, -0.2) is 45.6 Å². The number of hydrogen-bond donors (Lipinski definition) is 2. The number of rotatable bonds is 2. The van der Waals surface area contributed by atoms with Gasteiger partial charge in [-0.15, -0.1) is 0 Å². The van der Waals surface area contributed by atoms with Crippen LogP contribution in [-0.2, 0) is 0 Å². The van der Waals surface area contributed by atoms with E-state index in [4.69, 9.17) is 0 Å². The van der Waals surface area contributed by atoms with Gasteiger partial charge >= 0.3 is 12.0 Å². The second kappa shape index (κ2) is 6.70. The van der Waals surface area contributed by atoms with E-state index < -0.39 is 5.97 Å². The van der Waals surface area contributed by atoms with E-state index in [1.54, 1.807) is 17.0 Å². The maximum Gasteiger partial charge on any atom is 0.337 e. The summed E-state index contributed by atoms with van der Waals surface area (Å²) in [6, 6.07) is 4.53. The summed E-state index contributed by atoms with van der Waals surface area (Å²) in [5, 5.41) is 12.7. The molecule has 2 atom stereocenters. The molecule has 0 aromatic heterocycles. The summed E-state index contributed by atoms with van der Waals surface area (Å²) in [5.74, 6) is -1.07. The summed E-state index contributed by atoms with van der Waals surface area (Å²) in [6.07, 6.45) is 0. The van der Waals surface area contributed by atoms with Gasteiger partial charge in [0.25, 0.3) is 0 Å². The number of carbonyl (C=O) groups excluding carboxylic acids is 1. The summed E-state index contributed by atoms with van der Waals surface area (Å²) in [5.41, 5.74) is 0.388. The molecule has 2 amide bonds. The molecule has 0 aliphatic carbocycles. The summed E-state index contributed by atoms with van der Waals surface area (Å²) < 4.78 is 0.662. The van der Waals surface area contributed by atoms with Crippen molar-refractivity contribution in [3.63, 3.8) is 0 Å². The van der Waals surface area contributed by atoms with Crippen LogP contribution < -0.4 is 5.32 Å². The molecule has 1 fully saturated rings. The minimum atomic E-state index is -1.07. The molecule has 1 aliphatic heterocycles. The van der Waals surface area contributed by atoms with Gasteiger partial charge in [0, 0.05) is 28.1 Å². The van der Waals surface area contributed by atoms with Crippen molar-refractivity contribution >= 4 is 45.4 Å². The molecule has 1 aromatic rings. The van der Waals surface area contributed by atoms with Crippen molar-refractivity contribution in [1.29, 1.82) is 0 Å². The van der Waals surface area contributed by atoms with Crippen molar-refractivity contribution in [2.45, 2.75) is 24.3 Å². The van der Waals surface area contributed by atoms with Crippen LogP contribution in [0.2, 0.25) is 0 Å². The minimum absolute atomic E-state index is 0.0743. The molecular weight excluding hydrogens is 356 g/mol. The van der Waals surface area contributed by atoms with Crippen molar-refractivity contribution in [2.75, 3.05) is 18.4 Å². The molecule has 7 heteroatoms.